The van der Waals surface area contributed by atoms with Crippen molar-refractivity contribution in [1.82, 2.24) is 4.90 Å². The van der Waals surface area contributed by atoms with Crippen molar-refractivity contribution in [3.8, 4) is 0 Å². The Morgan fingerprint density at radius 3 is 2.55 bits per heavy atom. The Bertz CT molecular complexity index is 1250. The second-order valence-electron chi connectivity index (χ2n) is 7.39. The van der Waals surface area contributed by atoms with Crippen molar-refractivity contribution in [1.29, 1.82) is 0 Å². The molecule has 5 rings (SSSR count). The van der Waals surface area contributed by atoms with E-state index < -0.39 is 23.5 Å². The molecule has 3 heterocycles. The molecule has 1 aliphatic rings. The lowest BCUT2D eigenvalue weighted by Gasteiger charge is -2.25. The Hall–Kier alpha value is -3.64. The summed E-state index contributed by atoms with van der Waals surface area (Å²) >= 11 is 1.45. The van der Waals surface area contributed by atoms with Gasteiger partial charge < -0.3 is 14.4 Å². The number of nitrogens with zero attached hydrogens (tertiary/aromatic N) is 1. The summed E-state index contributed by atoms with van der Waals surface area (Å²) in [5.74, 6) is -1.39. The Kier molecular flexibility index (Phi) is 4.92. The predicted octanol–water partition coefficient (Wildman–Crippen LogP) is 5.32. The molecule has 4 aromatic rings. The summed E-state index contributed by atoms with van der Waals surface area (Å²) in [6, 6.07) is 21.9. The van der Waals surface area contributed by atoms with Crippen molar-refractivity contribution in [2.75, 3.05) is 6.54 Å². The first-order chi connectivity index (χ1) is 15.1. The second-order valence-corrected chi connectivity index (χ2v) is 8.37. The van der Waals surface area contributed by atoms with Crippen LogP contribution in [-0.2, 0) is 11.2 Å². The van der Waals surface area contributed by atoms with Crippen LogP contribution >= 0.6 is 11.3 Å². The number of aliphatic hydroxyl groups excluding tert-OH is 1. The zero-order valence-corrected chi connectivity index (χ0v) is 17.3. The number of aliphatic hydroxyl groups is 1. The van der Waals surface area contributed by atoms with Crippen molar-refractivity contribution >= 4 is 34.0 Å². The highest BCUT2D eigenvalue weighted by Gasteiger charge is 2.44. The lowest BCUT2D eigenvalue weighted by Crippen LogP contribution is -2.32. The Balaban J connectivity index is 1.51. The lowest BCUT2D eigenvalue weighted by atomic mass is 10.00. The summed E-state index contributed by atoms with van der Waals surface area (Å²) < 4.78 is 5.73. The van der Waals surface area contributed by atoms with Crippen molar-refractivity contribution in [2.45, 2.75) is 12.5 Å². The van der Waals surface area contributed by atoms with Crippen molar-refractivity contribution in [2.24, 2.45) is 0 Å². The van der Waals surface area contributed by atoms with Gasteiger partial charge in [0.05, 0.1) is 11.6 Å². The zero-order chi connectivity index (χ0) is 21.4. The molecular weight excluding hydrogens is 410 g/mol. The third kappa shape index (κ3) is 3.45. The average molecular weight is 429 g/mol. The first-order valence-electron chi connectivity index (χ1n) is 9.98. The van der Waals surface area contributed by atoms with E-state index in [1.54, 1.807) is 17.0 Å². The number of ketones is 1. The van der Waals surface area contributed by atoms with Crippen LogP contribution in [0, 0.1) is 0 Å². The number of hydrogen-bond donors (Lipinski definition) is 1. The van der Waals surface area contributed by atoms with Gasteiger partial charge in [-0.25, -0.2) is 0 Å². The van der Waals surface area contributed by atoms with Crippen LogP contribution in [-0.4, -0.2) is 28.2 Å². The number of thiophene rings is 1. The summed E-state index contributed by atoms with van der Waals surface area (Å²) in [7, 11) is 0. The van der Waals surface area contributed by atoms with Crippen LogP contribution < -0.4 is 0 Å². The fourth-order valence-corrected chi connectivity index (χ4v) is 4.83. The van der Waals surface area contributed by atoms with Gasteiger partial charge >= 0.3 is 0 Å². The molecule has 5 nitrogen and oxygen atoms in total. The maximum absolute atomic E-state index is 13.4. The quantitative estimate of drug-likeness (QED) is 0.422. The third-order valence-corrected chi connectivity index (χ3v) is 6.42. The normalized spacial score (nSPS) is 16.5. The monoisotopic (exact) mass is 429 g/mol. The highest BCUT2D eigenvalue weighted by molar-refractivity contribution is 7.10. The Morgan fingerprint density at radius 2 is 1.81 bits per heavy atom. The summed E-state index contributed by atoms with van der Waals surface area (Å²) in [5.41, 5.74) is 1.74. The highest BCUT2D eigenvalue weighted by Crippen LogP contribution is 2.41. The minimum Gasteiger partial charge on any atom is -0.503 e. The van der Waals surface area contributed by atoms with Gasteiger partial charge in [-0.1, -0.05) is 54.6 Å². The van der Waals surface area contributed by atoms with Crippen LogP contribution in [0.3, 0.4) is 0 Å². The standard InChI is InChI=1S/C25H19NO4S/c27-23(19-15-17-9-4-5-10-18(17)30-19)21-22(20-11-6-14-31-20)26(25(29)24(21)28)13-12-16-7-2-1-3-8-16/h1-11,14-15,22,28H,12-13H2/t22-/m0/s1. The SMILES string of the molecule is O=C(C1=C(O)C(=O)N(CCc2ccccc2)[C@H]1c1cccs1)c1cc2ccccc2o1. The van der Waals surface area contributed by atoms with Gasteiger partial charge in [-0.2, -0.15) is 0 Å². The summed E-state index contributed by atoms with van der Waals surface area (Å²) in [4.78, 5) is 28.8. The van der Waals surface area contributed by atoms with Crippen LogP contribution in [0.15, 0.2) is 93.9 Å². The third-order valence-electron chi connectivity index (χ3n) is 5.49. The number of hydrogen-bond acceptors (Lipinski definition) is 5. The molecule has 1 aliphatic heterocycles. The number of fused-ring (bicyclic) bond motifs is 1. The molecule has 0 unspecified atom stereocenters. The Morgan fingerprint density at radius 1 is 1.03 bits per heavy atom. The molecule has 0 bridgehead atoms. The van der Waals surface area contributed by atoms with Gasteiger partial charge in [0.1, 0.15) is 5.58 Å². The van der Waals surface area contributed by atoms with Gasteiger partial charge in [0.25, 0.3) is 5.91 Å². The number of amides is 1. The first kappa shape index (κ1) is 19.3. The number of para-hydroxylation sites is 1. The largest absolute Gasteiger partial charge is 0.503 e. The van der Waals surface area contributed by atoms with E-state index in [2.05, 4.69) is 0 Å². The number of furan rings is 1. The predicted molar refractivity (Wildman–Crippen MR) is 119 cm³/mol. The van der Waals surface area contributed by atoms with Gasteiger partial charge in [-0.3, -0.25) is 9.59 Å². The minimum atomic E-state index is -0.642. The molecule has 31 heavy (non-hydrogen) atoms. The van der Waals surface area contributed by atoms with E-state index in [1.807, 2.05) is 66.0 Å². The number of rotatable bonds is 6. The fraction of sp³-hybridized carbons (Fsp3) is 0.120. The van der Waals surface area contributed by atoms with Gasteiger partial charge in [0.15, 0.2) is 11.5 Å². The van der Waals surface area contributed by atoms with Gasteiger partial charge in [0, 0.05) is 16.8 Å². The summed E-state index contributed by atoms with van der Waals surface area (Å²) in [5, 5.41) is 13.4. The van der Waals surface area contributed by atoms with E-state index in [-0.39, 0.29) is 11.3 Å². The molecule has 0 saturated heterocycles. The van der Waals surface area contributed by atoms with E-state index in [0.29, 0.717) is 18.5 Å². The summed E-state index contributed by atoms with van der Waals surface area (Å²) in [6.45, 7) is 0.381. The van der Waals surface area contributed by atoms with Crippen molar-refractivity contribution in [3.63, 3.8) is 0 Å². The van der Waals surface area contributed by atoms with Gasteiger partial charge in [0.2, 0.25) is 5.78 Å². The lowest BCUT2D eigenvalue weighted by molar-refractivity contribution is -0.129. The van der Waals surface area contributed by atoms with E-state index in [0.717, 1.165) is 15.8 Å². The molecule has 0 aliphatic carbocycles. The second kappa shape index (κ2) is 7.89. The molecule has 1 N–H and O–H groups in total. The number of Topliss-reactive ketones (excluding diaryl/α,β-unsaturated/α-hetero) is 1. The number of carbonyl (C=O) groups excluding carboxylic acids is 2. The Labute approximate surface area is 182 Å². The number of carbonyl (C=O) groups is 2. The molecule has 1 amide bonds. The fourth-order valence-electron chi connectivity index (χ4n) is 3.98. The first-order valence-corrected chi connectivity index (χ1v) is 10.9. The van der Waals surface area contributed by atoms with Gasteiger partial charge in [-0.05, 0) is 35.6 Å². The van der Waals surface area contributed by atoms with Crippen molar-refractivity contribution < 1.29 is 19.1 Å². The molecule has 0 fully saturated rings. The smallest absolute Gasteiger partial charge is 0.290 e. The molecule has 1 atom stereocenters. The van der Waals surface area contributed by atoms with Crippen LogP contribution in [0.4, 0.5) is 0 Å². The van der Waals surface area contributed by atoms with Crippen LogP contribution in [0.5, 0.6) is 0 Å². The van der Waals surface area contributed by atoms with Crippen LogP contribution in [0.2, 0.25) is 0 Å². The van der Waals surface area contributed by atoms with Crippen LogP contribution in [0.1, 0.15) is 27.0 Å². The minimum absolute atomic E-state index is 0.0690. The molecule has 6 heteroatoms. The van der Waals surface area contributed by atoms with Crippen molar-refractivity contribution in [3.05, 3.63) is 106 Å². The van der Waals surface area contributed by atoms with Crippen LogP contribution in [0.25, 0.3) is 11.0 Å². The van der Waals surface area contributed by atoms with Gasteiger partial charge in [-0.15, -0.1) is 11.3 Å². The van der Waals surface area contributed by atoms with E-state index in [9.17, 15) is 14.7 Å². The molecule has 0 spiro atoms. The maximum Gasteiger partial charge on any atom is 0.290 e. The van der Waals surface area contributed by atoms with E-state index in [4.69, 9.17) is 4.42 Å². The molecular formula is C25H19NO4S. The summed E-state index contributed by atoms with van der Waals surface area (Å²) in [6.07, 6.45) is 0.619. The average Bonchev–Trinajstić information content (AvgIpc) is 3.52. The van der Waals surface area contributed by atoms with E-state index in [1.165, 1.54) is 11.3 Å². The maximum atomic E-state index is 13.4. The molecule has 0 saturated carbocycles. The van der Waals surface area contributed by atoms with E-state index >= 15 is 0 Å². The zero-order valence-electron chi connectivity index (χ0n) is 16.5. The molecule has 2 aromatic heterocycles. The number of benzene rings is 2. The molecule has 2 aromatic carbocycles. The molecule has 0 radical (unpaired) electrons. The highest BCUT2D eigenvalue weighted by atomic mass is 32.1. The molecule has 154 valence electrons. The topological polar surface area (TPSA) is 70.8 Å².